The Morgan fingerprint density at radius 2 is 1.69 bits per heavy atom. The molecule has 160 valence electrons. The number of benzene rings is 3. The first-order chi connectivity index (χ1) is 15.5. The van der Waals surface area contributed by atoms with Gasteiger partial charge in [0.2, 0.25) is 0 Å². The van der Waals surface area contributed by atoms with E-state index in [1.54, 1.807) is 48.5 Å². The summed E-state index contributed by atoms with van der Waals surface area (Å²) >= 11 is 0. The summed E-state index contributed by atoms with van der Waals surface area (Å²) in [6, 6.07) is 22.8. The standard InChI is InChI=1S/C25H20N2O5/c1-31-23-13-16(21-14-19(25(29)30)18-9-5-6-10-20(18)27-21)11-12-22(23)32-15-24(28)26-17-7-3-2-4-8-17/h2-14H,15H2,1H3,(H,26,28)(H,29,30). The number of pyridine rings is 1. The minimum Gasteiger partial charge on any atom is -0.493 e. The van der Waals surface area contributed by atoms with Crippen molar-refractivity contribution >= 4 is 28.5 Å². The first-order valence-corrected chi connectivity index (χ1v) is 9.84. The monoisotopic (exact) mass is 428 g/mol. The molecule has 0 bridgehead atoms. The highest BCUT2D eigenvalue weighted by Crippen LogP contribution is 2.33. The van der Waals surface area contributed by atoms with Gasteiger partial charge < -0.3 is 19.9 Å². The predicted molar refractivity (Wildman–Crippen MR) is 121 cm³/mol. The summed E-state index contributed by atoms with van der Waals surface area (Å²) in [6.07, 6.45) is 0. The molecule has 3 aromatic carbocycles. The van der Waals surface area contributed by atoms with Crippen LogP contribution < -0.4 is 14.8 Å². The van der Waals surface area contributed by atoms with Crippen LogP contribution in [0.15, 0.2) is 78.9 Å². The van der Waals surface area contributed by atoms with Crippen LogP contribution in [0.3, 0.4) is 0 Å². The van der Waals surface area contributed by atoms with Crippen LogP contribution in [0.5, 0.6) is 11.5 Å². The lowest BCUT2D eigenvalue weighted by molar-refractivity contribution is -0.118. The Bertz CT molecular complexity index is 1290. The quantitative estimate of drug-likeness (QED) is 0.446. The maximum Gasteiger partial charge on any atom is 0.336 e. The van der Waals surface area contributed by atoms with Gasteiger partial charge in [0, 0.05) is 16.6 Å². The summed E-state index contributed by atoms with van der Waals surface area (Å²) in [5.74, 6) is -0.536. The van der Waals surface area contributed by atoms with E-state index in [1.807, 2.05) is 24.3 Å². The summed E-state index contributed by atoms with van der Waals surface area (Å²) in [7, 11) is 1.49. The van der Waals surface area contributed by atoms with E-state index >= 15 is 0 Å². The molecule has 0 spiro atoms. The fourth-order valence-electron chi connectivity index (χ4n) is 3.31. The molecule has 0 radical (unpaired) electrons. The molecule has 0 atom stereocenters. The highest BCUT2D eigenvalue weighted by Gasteiger charge is 2.15. The van der Waals surface area contributed by atoms with Crippen LogP contribution in [0.2, 0.25) is 0 Å². The third-order valence-electron chi connectivity index (χ3n) is 4.82. The maximum absolute atomic E-state index is 12.2. The average Bonchev–Trinajstić information content (AvgIpc) is 2.82. The number of fused-ring (bicyclic) bond motifs is 1. The number of hydrogen-bond acceptors (Lipinski definition) is 5. The summed E-state index contributed by atoms with van der Waals surface area (Å²) in [5.41, 5.74) is 2.59. The zero-order valence-corrected chi connectivity index (χ0v) is 17.2. The first kappa shape index (κ1) is 20.9. The lowest BCUT2D eigenvalue weighted by atomic mass is 10.0. The first-order valence-electron chi connectivity index (χ1n) is 9.84. The average molecular weight is 428 g/mol. The third kappa shape index (κ3) is 4.52. The van der Waals surface area contributed by atoms with Gasteiger partial charge in [0.15, 0.2) is 18.1 Å². The number of aromatic carboxylic acids is 1. The number of ether oxygens (including phenoxy) is 2. The molecule has 0 saturated carbocycles. The van der Waals surface area contributed by atoms with E-state index in [0.717, 1.165) is 0 Å². The van der Waals surface area contributed by atoms with Crippen molar-refractivity contribution in [3.63, 3.8) is 0 Å². The number of carbonyl (C=O) groups excluding carboxylic acids is 1. The van der Waals surface area contributed by atoms with E-state index in [9.17, 15) is 14.7 Å². The fourth-order valence-corrected chi connectivity index (χ4v) is 3.31. The Balaban J connectivity index is 1.57. The van der Waals surface area contributed by atoms with Crippen molar-refractivity contribution in [1.82, 2.24) is 4.98 Å². The number of carbonyl (C=O) groups is 2. The van der Waals surface area contributed by atoms with Crippen molar-refractivity contribution in [2.24, 2.45) is 0 Å². The molecule has 0 aliphatic carbocycles. The largest absolute Gasteiger partial charge is 0.493 e. The number of rotatable bonds is 7. The summed E-state index contributed by atoms with van der Waals surface area (Å²) < 4.78 is 11.1. The van der Waals surface area contributed by atoms with Crippen LogP contribution in [0.25, 0.3) is 22.2 Å². The topological polar surface area (TPSA) is 97.8 Å². The van der Waals surface area contributed by atoms with Gasteiger partial charge in [-0.1, -0.05) is 36.4 Å². The van der Waals surface area contributed by atoms with Crippen LogP contribution >= 0.6 is 0 Å². The van der Waals surface area contributed by atoms with Gasteiger partial charge in [0.25, 0.3) is 5.91 Å². The van der Waals surface area contributed by atoms with Crippen LogP contribution in [-0.2, 0) is 4.79 Å². The van der Waals surface area contributed by atoms with E-state index in [1.165, 1.54) is 13.2 Å². The SMILES string of the molecule is COc1cc(-c2cc(C(=O)O)c3ccccc3n2)ccc1OCC(=O)Nc1ccccc1. The van der Waals surface area contributed by atoms with Crippen LogP contribution in [0.4, 0.5) is 5.69 Å². The molecule has 0 aliphatic rings. The minimum absolute atomic E-state index is 0.169. The number of amides is 1. The highest BCUT2D eigenvalue weighted by molar-refractivity contribution is 6.03. The number of nitrogens with one attached hydrogen (secondary N) is 1. The zero-order chi connectivity index (χ0) is 22.5. The Morgan fingerprint density at radius 3 is 2.44 bits per heavy atom. The lowest BCUT2D eigenvalue weighted by Gasteiger charge is -2.13. The molecule has 1 heterocycles. The van der Waals surface area contributed by atoms with Crippen LogP contribution in [0, 0.1) is 0 Å². The number of carboxylic acids is 1. The Kier molecular flexibility index (Phi) is 5.98. The molecule has 4 rings (SSSR count). The van der Waals surface area contributed by atoms with Crippen LogP contribution in [-0.4, -0.2) is 35.7 Å². The molecule has 2 N–H and O–H groups in total. The number of hydrogen-bond donors (Lipinski definition) is 2. The molecule has 1 aromatic heterocycles. The van der Waals surface area contributed by atoms with Gasteiger partial charge >= 0.3 is 5.97 Å². The van der Waals surface area contributed by atoms with Gasteiger partial charge in [-0.2, -0.15) is 0 Å². The van der Waals surface area contributed by atoms with Crippen molar-refractivity contribution in [1.29, 1.82) is 0 Å². The third-order valence-corrected chi connectivity index (χ3v) is 4.82. The van der Waals surface area contributed by atoms with E-state index in [0.29, 0.717) is 39.3 Å². The van der Waals surface area contributed by atoms with E-state index in [4.69, 9.17) is 9.47 Å². The second kappa shape index (κ2) is 9.18. The summed E-state index contributed by atoms with van der Waals surface area (Å²) in [5, 5.41) is 12.9. The number of methoxy groups -OCH3 is 1. The Hall–Kier alpha value is -4.39. The number of aromatic nitrogens is 1. The second-order valence-corrected chi connectivity index (χ2v) is 6.95. The van der Waals surface area contributed by atoms with E-state index in [-0.39, 0.29) is 18.1 Å². The second-order valence-electron chi connectivity index (χ2n) is 6.95. The number of carboxylic acid groups (broad SMARTS) is 1. The van der Waals surface area contributed by atoms with Gasteiger partial charge in [-0.05, 0) is 42.5 Å². The fraction of sp³-hybridized carbons (Fsp3) is 0.0800. The number of nitrogens with zero attached hydrogens (tertiary/aromatic N) is 1. The summed E-state index contributed by atoms with van der Waals surface area (Å²) in [6.45, 7) is -0.192. The highest BCUT2D eigenvalue weighted by atomic mass is 16.5. The number of anilines is 1. The molecule has 7 nitrogen and oxygen atoms in total. The molecule has 7 heteroatoms. The molecule has 32 heavy (non-hydrogen) atoms. The molecule has 0 aliphatic heterocycles. The van der Waals surface area contributed by atoms with Gasteiger partial charge in [-0.3, -0.25) is 4.79 Å². The normalized spacial score (nSPS) is 10.5. The lowest BCUT2D eigenvalue weighted by Crippen LogP contribution is -2.20. The molecule has 0 unspecified atom stereocenters. The Labute approximate surface area is 184 Å². The zero-order valence-electron chi connectivity index (χ0n) is 17.2. The van der Waals surface area contributed by atoms with Gasteiger partial charge in [0.1, 0.15) is 0 Å². The number of para-hydroxylation sites is 2. The molecular formula is C25H20N2O5. The molecule has 0 saturated heterocycles. The van der Waals surface area contributed by atoms with Crippen molar-refractivity contribution in [3.05, 3.63) is 84.4 Å². The minimum atomic E-state index is -1.03. The van der Waals surface area contributed by atoms with Crippen molar-refractivity contribution in [2.45, 2.75) is 0 Å². The van der Waals surface area contributed by atoms with Crippen LogP contribution in [0.1, 0.15) is 10.4 Å². The Morgan fingerprint density at radius 1 is 0.938 bits per heavy atom. The molecule has 4 aromatic rings. The van der Waals surface area contributed by atoms with E-state index < -0.39 is 5.97 Å². The molecule has 1 amide bonds. The van der Waals surface area contributed by atoms with E-state index in [2.05, 4.69) is 10.3 Å². The smallest absolute Gasteiger partial charge is 0.336 e. The van der Waals surface area contributed by atoms with Crippen molar-refractivity contribution in [2.75, 3.05) is 19.0 Å². The van der Waals surface area contributed by atoms with Gasteiger partial charge in [0.05, 0.1) is 23.9 Å². The maximum atomic E-state index is 12.2. The van der Waals surface area contributed by atoms with Gasteiger partial charge in [-0.15, -0.1) is 0 Å². The molecular weight excluding hydrogens is 408 g/mol. The molecule has 0 fully saturated rings. The predicted octanol–water partition coefficient (Wildman–Crippen LogP) is 4.63. The van der Waals surface area contributed by atoms with Crippen molar-refractivity contribution in [3.8, 4) is 22.8 Å². The summed E-state index contributed by atoms with van der Waals surface area (Å²) in [4.78, 5) is 28.5. The van der Waals surface area contributed by atoms with Gasteiger partial charge in [-0.25, -0.2) is 9.78 Å². The van der Waals surface area contributed by atoms with Crippen molar-refractivity contribution < 1.29 is 24.2 Å².